The molecule has 1 aliphatic rings. The fourth-order valence-electron chi connectivity index (χ4n) is 2.15. The lowest BCUT2D eigenvalue weighted by molar-refractivity contribution is -0.160. The molecule has 1 fully saturated rings. The summed E-state index contributed by atoms with van der Waals surface area (Å²) in [4.78, 5) is 10.9. The number of hydrogen-bond donors (Lipinski definition) is 3. The van der Waals surface area contributed by atoms with E-state index < -0.39 is 30.8 Å². The van der Waals surface area contributed by atoms with Crippen LogP contribution in [0.4, 0.5) is 10.2 Å². The molecule has 1 aliphatic heterocycles. The van der Waals surface area contributed by atoms with Gasteiger partial charge in [0.2, 0.25) is 0 Å². The van der Waals surface area contributed by atoms with E-state index >= 15 is 0 Å². The van der Waals surface area contributed by atoms with Gasteiger partial charge in [-0.1, -0.05) is 0 Å². The highest BCUT2D eigenvalue weighted by atomic mass is 19.1. The Morgan fingerprint density at radius 1 is 1.40 bits per heavy atom. The van der Waals surface area contributed by atoms with Crippen LogP contribution >= 0.6 is 0 Å². The Balaban J connectivity index is 2.07. The van der Waals surface area contributed by atoms with Crippen LogP contribution in [0, 0.1) is 6.08 Å². The van der Waals surface area contributed by atoms with E-state index in [-0.39, 0.29) is 17.0 Å². The molecule has 0 radical (unpaired) electrons. The predicted octanol–water partition coefficient (Wildman–Crippen LogP) is -1.23. The molecule has 20 heavy (non-hydrogen) atoms. The van der Waals surface area contributed by atoms with Gasteiger partial charge in [-0.3, -0.25) is 4.57 Å². The molecule has 2 aromatic heterocycles. The monoisotopic (exact) mass is 285 g/mol. The first kappa shape index (κ1) is 13.1. The minimum absolute atomic E-state index is 0.0583. The topological polar surface area (TPSA) is 129 Å². The maximum absolute atomic E-state index is 13.2. The summed E-state index contributed by atoms with van der Waals surface area (Å²) in [5.41, 5.74) is 5.78. The molecule has 0 amide bonds. The van der Waals surface area contributed by atoms with Crippen molar-refractivity contribution in [1.29, 1.82) is 0 Å². The molecule has 1 saturated heterocycles. The summed E-state index contributed by atoms with van der Waals surface area (Å²) >= 11 is 0. The van der Waals surface area contributed by atoms with Gasteiger partial charge in [-0.25, -0.2) is 4.98 Å². The first-order valence-electron chi connectivity index (χ1n) is 5.73. The molecule has 10 heteroatoms. The third-order valence-electron chi connectivity index (χ3n) is 3.12. The average Bonchev–Trinajstić information content (AvgIpc) is 2.93. The zero-order valence-corrected chi connectivity index (χ0v) is 10.3. The highest BCUT2D eigenvalue weighted by Crippen LogP contribution is 2.32. The van der Waals surface area contributed by atoms with Gasteiger partial charge in [0.1, 0.15) is 12.2 Å². The van der Waals surface area contributed by atoms with Gasteiger partial charge in [0.15, 0.2) is 29.5 Å². The zero-order valence-electron chi connectivity index (χ0n) is 10.3. The van der Waals surface area contributed by atoms with Crippen LogP contribution in [0.25, 0.3) is 11.2 Å². The number of hydrogen-bond acceptors (Lipinski definition) is 8. The molecule has 0 spiro atoms. The Bertz CT molecular complexity index is 650. The van der Waals surface area contributed by atoms with Crippen LogP contribution in [0.5, 0.6) is 0 Å². The van der Waals surface area contributed by atoms with Crippen molar-refractivity contribution in [3.8, 4) is 0 Å². The number of nitrogens with zero attached hydrogens (tertiary/aromatic N) is 4. The maximum Gasteiger partial charge on any atom is 0.312 e. The van der Waals surface area contributed by atoms with Gasteiger partial charge in [-0.05, 0) is 0 Å². The molecule has 0 unspecified atom stereocenters. The number of ether oxygens (including phenoxy) is 2. The van der Waals surface area contributed by atoms with E-state index in [4.69, 9.17) is 15.2 Å². The van der Waals surface area contributed by atoms with Crippen molar-refractivity contribution in [2.24, 2.45) is 0 Å². The Morgan fingerprint density at radius 2 is 2.15 bits per heavy atom. The first-order chi connectivity index (χ1) is 9.52. The second kappa shape index (κ2) is 4.59. The van der Waals surface area contributed by atoms with Crippen molar-refractivity contribution in [3.05, 3.63) is 12.4 Å². The molecule has 4 atom stereocenters. The van der Waals surface area contributed by atoms with Gasteiger partial charge < -0.3 is 25.4 Å². The predicted molar refractivity (Wildman–Crippen MR) is 62.6 cm³/mol. The highest BCUT2D eigenvalue weighted by Gasteiger charge is 2.44. The quantitative estimate of drug-likeness (QED) is 0.585. The fraction of sp³-hybridized carbons (Fsp3) is 0.500. The fourth-order valence-corrected chi connectivity index (χ4v) is 2.15. The molecule has 108 valence electrons. The number of aromatic nitrogens is 4. The average molecular weight is 285 g/mol. The van der Waals surface area contributed by atoms with Crippen molar-refractivity contribution < 1.29 is 24.1 Å². The number of nitrogen functional groups attached to an aromatic ring is 1. The van der Waals surface area contributed by atoms with E-state index in [9.17, 15) is 14.6 Å². The van der Waals surface area contributed by atoms with Gasteiger partial charge in [-0.2, -0.15) is 14.4 Å². The lowest BCUT2D eigenvalue weighted by Gasteiger charge is -2.15. The second-order valence-corrected chi connectivity index (χ2v) is 4.31. The Kier molecular flexibility index (Phi) is 3.01. The SMILES string of the molecule is CO[C@@H]1O[C@@H](n2cnc3c(N)nc(F)nc32)[C@@H](O)[C@H]1O. The number of rotatable bonds is 2. The van der Waals surface area contributed by atoms with Crippen LogP contribution in [0.1, 0.15) is 6.23 Å². The van der Waals surface area contributed by atoms with E-state index in [2.05, 4.69) is 15.0 Å². The van der Waals surface area contributed by atoms with Gasteiger partial charge in [0, 0.05) is 7.11 Å². The van der Waals surface area contributed by atoms with Crippen LogP contribution in [-0.2, 0) is 9.47 Å². The molecule has 3 rings (SSSR count). The summed E-state index contributed by atoms with van der Waals surface area (Å²) in [6.07, 6.45) is -4.30. The second-order valence-electron chi connectivity index (χ2n) is 4.31. The highest BCUT2D eigenvalue weighted by molar-refractivity contribution is 5.81. The number of anilines is 1. The molecule has 3 heterocycles. The largest absolute Gasteiger partial charge is 0.385 e. The molecule has 9 nitrogen and oxygen atoms in total. The first-order valence-corrected chi connectivity index (χ1v) is 5.73. The third-order valence-corrected chi connectivity index (χ3v) is 3.12. The molecule has 0 aromatic carbocycles. The van der Waals surface area contributed by atoms with Gasteiger partial charge in [0.25, 0.3) is 0 Å². The summed E-state index contributed by atoms with van der Waals surface area (Å²) < 4.78 is 24.7. The number of fused-ring (bicyclic) bond motifs is 1. The third kappa shape index (κ3) is 1.81. The molecular weight excluding hydrogens is 273 g/mol. The number of aliphatic hydroxyl groups is 2. The van der Waals surface area contributed by atoms with Crippen LogP contribution in [-0.4, -0.2) is 55.3 Å². The lowest BCUT2D eigenvalue weighted by Crippen LogP contribution is -2.32. The van der Waals surface area contributed by atoms with Crippen molar-refractivity contribution >= 4 is 17.0 Å². The van der Waals surface area contributed by atoms with Crippen LogP contribution in [0.15, 0.2) is 6.33 Å². The summed E-state index contributed by atoms with van der Waals surface area (Å²) in [5, 5.41) is 19.7. The maximum atomic E-state index is 13.2. The van der Waals surface area contributed by atoms with E-state index in [1.54, 1.807) is 0 Å². The number of aliphatic hydroxyl groups excluding tert-OH is 2. The van der Waals surface area contributed by atoms with Crippen LogP contribution in [0.3, 0.4) is 0 Å². The minimum Gasteiger partial charge on any atom is -0.385 e. The minimum atomic E-state index is -1.28. The molecule has 4 N–H and O–H groups in total. The van der Waals surface area contributed by atoms with E-state index in [1.807, 2.05) is 0 Å². The van der Waals surface area contributed by atoms with Crippen molar-refractivity contribution in [2.75, 3.05) is 12.8 Å². The van der Waals surface area contributed by atoms with Crippen molar-refractivity contribution in [1.82, 2.24) is 19.5 Å². The van der Waals surface area contributed by atoms with Crippen molar-refractivity contribution in [2.45, 2.75) is 24.7 Å². The smallest absolute Gasteiger partial charge is 0.312 e. The summed E-state index contributed by atoms with van der Waals surface area (Å²) in [6.45, 7) is 0. The Morgan fingerprint density at radius 3 is 2.80 bits per heavy atom. The molecular formula is C10H12FN5O4. The number of imidazole rings is 1. The van der Waals surface area contributed by atoms with Gasteiger partial charge in [-0.15, -0.1) is 0 Å². The molecule has 2 aromatic rings. The van der Waals surface area contributed by atoms with E-state index in [0.717, 1.165) is 0 Å². The summed E-state index contributed by atoms with van der Waals surface area (Å²) in [7, 11) is 1.33. The van der Waals surface area contributed by atoms with E-state index in [0.29, 0.717) is 0 Å². The summed E-state index contributed by atoms with van der Waals surface area (Å²) in [5.74, 6) is -0.123. The van der Waals surface area contributed by atoms with Crippen molar-refractivity contribution in [3.63, 3.8) is 0 Å². The standard InChI is InChI=1S/C10H12FN5O4/c1-19-9-5(18)4(17)8(20-9)16-2-13-3-6(12)14-10(11)15-7(3)16/h2,4-5,8-9,17-18H,1H3,(H2,12,14,15)/t4-,5+,8+,9+/m0/s1. The normalized spacial score (nSPS) is 30.2. The number of methoxy groups -OCH3 is 1. The molecule has 0 aliphatic carbocycles. The number of halogens is 1. The Labute approximate surface area is 111 Å². The molecule has 0 bridgehead atoms. The van der Waals surface area contributed by atoms with Gasteiger partial charge >= 0.3 is 6.08 Å². The summed E-state index contributed by atoms with van der Waals surface area (Å²) in [6, 6.07) is 0. The Hall–Kier alpha value is -1.88. The van der Waals surface area contributed by atoms with E-state index in [1.165, 1.54) is 18.0 Å². The van der Waals surface area contributed by atoms with Crippen LogP contribution < -0.4 is 5.73 Å². The lowest BCUT2D eigenvalue weighted by atomic mass is 10.2. The number of nitrogens with two attached hydrogens (primary N) is 1. The van der Waals surface area contributed by atoms with Crippen LogP contribution in [0.2, 0.25) is 0 Å². The zero-order chi connectivity index (χ0) is 14.4. The van der Waals surface area contributed by atoms with Gasteiger partial charge in [0.05, 0.1) is 6.33 Å². The molecule has 0 saturated carbocycles.